The summed E-state index contributed by atoms with van der Waals surface area (Å²) in [6.45, 7) is -0.0386. The Bertz CT molecular complexity index is 876. The Morgan fingerprint density at radius 1 is 1.12 bits per heavy atom. The molecule has 4 aliphatic carbocycles. The van der Waals surface area contributed by atoms with E-state index in [4.69, 9.17) is 9.15 Å². The summed E-state index contributed by atoms with van der Waals surface area (Å²) in [6.07, 6.45) is 8.31. The Morgan fingerprint density at radius 3 is 2.44 bits per heavy atom. The van der Waals surface area contributed by atoms with Gasteiger partial charge in [0.15, 0.2) is 6.61 Å². The predicted octanol–water partition coefficient (Wildman–Crippen LogP) is 1.97. The summed E-state index contributed by atoms with van der Waals surface area (Å²) in [7, 11) is 0. The molecule has 0 aromatic carbocycles. The number of nitrogens with zero attached hydrogens (tertiary/aromatic N) is 1. The van der Waals surface area contributed by atoms with Gasteiger partial charge in [-0.05, 0) is 68.4 Å². The number of nitrogens with one attached hydrogen (secondary N) is 2. The summed E-state index contributed by atoms with van der Waals surface area (Å²) in [5.74, 6) is 0.596. The van der Waals surface area contributed by atoms with Crippen molar-refractivity contribution in [3.8, 4) is 0 Å². The number of hydrogen-bond donors (Lipinski definition) is 2. The third-order valence-electron chi connectivity index (χ3n) is 7.49. The number of hydrogen-bond acceptors (Lipinski definition) is 6. The highest BCUT2D eigenvalue weighted by Crippen LogP contribution is 2.55. The normalized spacial score (nSPS) is 32.8. The number of likely N-dealkylation sites (tertiary alicyclic amines) is 1. The third kappa shape index (κ3) is 4.38. The molecule has 0 spiro atoms. The highest BCUT2D eigenvalue weighted by atomic mass is 16.5. The maximum absolute atomic E-state index is 12.4. The number of carbonyl (C=O) groups is 4. The van der Waals surface area contributed by atoms with Crippen LogP contribution in [0, 0.1) is 23.7 Å². The van der Waals surface area contributed by atoms with Crippen LogP contribution < -0.4 is 10.6 Å². The zero-order valence-corrected chi connectivity index (χ0v) is 18.0. The average molecular weight is 444 g/mol. The Hall–Kier alpha value is -2.84. The molecular formula is C23H29N3O6. The molecule has 5 aliphatic rings. The van der Waals surface area contributed by atoms with Crippen LogP contribution in [-0.4, -0.2) is 47.4 Å². The number of carbonyl (C=O) groups excluding carboxylic acids is 4. The van der Waals surface area contributed by atoms with Gasteiger partial charge in [-0.3, -0.25) is 19.7 Å². The van der Waals surface area contributed by atoms with E-state index in [1.165, 1.54) is 30.4 Å². The van der Waals surface area contributed by atoms with Crippen molar-refractivity contribution in [1.29, 1.82) is 0 Å². The number of ether oxygens (including phenoxy) is 1. The van der Waals surface area contributed by atoms with Crippen molar-refractivity contribution in [2.24, 2.45) is 23.7 Å². The van der Waals surface area contributed by atoms with E-state index >= 15 is 0 Å². The molecule has 0 radical (unpaired) electrons. The van der Waals surface area contributed by atoms with Crippen molar-refractivity contribution in [2.45, 2.75) is 57.0 Å². The zero-order valence-electron chi connectivity index (χ0n) is 18.0. The van der Waals surface area contributed by atoms with Gasteiger partial charge in [0.25, 0.3) is 5.91 Å². The third-order valence-corrected chi connectivity index (χ3v) is 7.49. The van der Waals surface area contributed by atoms with E-state index < -0.39 is 30.4 Å². The van der Waals surface area contributed by atoms with Gasteiger partial charge in [-0.25, -0.2) is 4.79 Å². The minimum absolute atomic E-state index is 0.0354. The molecule has 4 amide bonds. The van der Waals surface area contributed by atoms with Gasteiger partial charge in [-0.2, -0.15) is 0 Å². The van der Waals surface area contributed by atoms with E-state index in [1.54, 1.807) is 12.1 Å². The average Bonchev–Trinajstić information content (AvgIpc) is 3.35. The fourth-order valence-electron chi connectivity index (χ4n) is 6.63. The van der Waals surface area contributed by atoms with Crippen molar-refractivity contribution >= 4 is 23.8 Å². The molecule has 2 N–H and O–H groups in total. The largest absolute Gasteiger partial charge is 0.467 e. The highest BCUT2D eigenvalue weighted by Gasteiger charge is 2.51. The van der Waals surface area contributed by atoms with Crippen molar-refractivity contribution in [2.75, 3.05) is 13.2 Å². The predicted molar refractivity (Wildman–Crippen MR) is 111 cm³/mol. The first-order valence-corrected chi connectivity index (χ1v) is 11.5. The first-order valence-electron chi connectivity index (χ1n) is 11.5. The molecule has 1 saturated heterocycles. The smallest absolute Gasteiger partial charge is 0.321 e. The highest BCUT2D eigenvalue weighted by molar-refractivity contribution is 5.96. The van der Waals surface area contributed by atoms with Gasteiger partial charge in [0.1, 0.15) is 5.76 Å². The Morgan fingerprint density at radius 2 is 1.81 bits per heavy atom. The van der Waals surface area contributed by atoms with Gasteiger partial charge in [0.05, 0.1) is 18.7 Å². The number of urea groups is 1. The summed E-state index contributed by atoms with van der Waals surface area (Å²) < 4.78 is 10.3. The molecular weight excluding hydrogens is 414 g/mol. The molecule has 1 aromatic heterocycles. The van der Waals surface area contributed by atoms with E-state index in [0.29, 0.717) is 30.1 Å². The lowest BCUT2D eigenvalue weighted by molar-refractivity contribution is -0.152. The van der Waals surface area contributed by atoms with Gasteiger partial charge in [0.2, 0.25) is 5.91 Å². The number of esters is 1. The first-order chi connectivity index (χ1) is 15.4. The Labute approximate surface area is 186 Å². The lowest BCUT2D eigenvalue weighted by Crippen LogP contribution is -2.62. The lowest BCUT2D eigenvalue weighted by atomic mass is 9.53. The molecule has 1 aliphatic heterocycles. The standard InChI is InChI=1S/C23H29N3O6/c27-19(24-22(30)25-23-8-14-4-15(9-23)6-16(5-14)10-23)13-32-21(29)17-7-20(28)26(11-17)12-18-2-1-3-31-18/h1-3,14-17H,4-13H2,(H2,24,25,27,30)/t14?,15?,16?,17-,23?/m1/s1. The Balaban J connectivity index is 1.06. The molecule has 1 aromatic rings. The monoisotopic (exact) mass is 443 g/mol. The van der Waals surface area contributed by atoms with Crippen LogP contribution in [0.25, 0.3) is 0 Å². The van der Waals surface area contributed by atoms with Crippen LogP contribution in [0.2, 0.25) is 0 Å². The van der Waals surface area contributed by atoms with Crippen LogP contribution in [0.1, 0.15) is 50.7 Å². The van der Waals surface area contributed by atoms with E-state index in [2.05, 4.69) is 10.6 Å². The second-order valence-corrected chi connectivity index (χ2v) is 10.1. The summed E-state index contributed by atoms with van der Waals surface area (Å²) in [5, 5.41) is 5.35. The molecule has 2 heterocycles. The Kier molecular flexibility index (Phi) is 5.43. The zero-order chi connectivity index (χ0) is 22.3. The lowest BCUT2D eigenvalue weighted by Gasteiger charge is -2.56. The number of rotatable bonds is 6. The van der Waals surface area contributed by atoms with Crippen LogP contribution in [0.15, 0.2) is 22.8 Å². The fourth-order valence-corrected chi connectivity index (χ4v) is 6.63. The van der Waals surface area contributed by atoms with Crippen LogP contribution in [0.3, 0.4) is 0 Å². The first kappa shape index (κ1) is 21.0. The minimum atomic E-state index is -0.669. The van der Waals surface area contributed by atoms with E-state index in [9.17, 15) is 19.2 Å². The fraction of sp³-hybridized carbons (Fsp3) is 0.652. The van der Waals surface area contributed by atoms with Crippen LogP contribution in [-0.2, 0) is 25.7 Å². The van der Waals surface area contributed by atoms with Gasteiger partial charge in [-0.15, -0.1) is 0 Å². The second-order valence-electron chi connectivity index (χ2n) is 10.1. The van der Waals surface area contributed by atoms with E-state index in [1.807, 2.05) is 0 Å². The SMILES string of the molecule is O=C(COC(=O)[C@@H]1CC(=O)N(Cc2ccco2)C1)NC(=O)NC12CC3CC(CC(C3)C1)C2. The van der Waals surface area contributed by atoms with Crippen LogP contribution >= 0.6 is 0 Å². The van der Waals surface area contributed by atoms with Gasteiger partial charge < -0.3 is 19.4 Å². The molecule has 6 rings (SSSR count). The maximum Gasteiger partial charge on any atom is 0.321 e. The summed E-state index contributed by atoms with van der Waals surface area (Å²) >= 11 is 0. The van der Waals surface area contributed by atoms with Gasteiger partial charge in [-0.1, -0.05) is 0 Å². The molecule has 0 unspecified atom stereocenters. The van der Waals surface area contributed by atoms with Crippen molar-refractivity contribution in [3.63, 3.8) is 0 Å². The van der Waals surface area contributed by atoms with Crippen LogP contribution in [0.5, 0.6) is 0 Å². The molecule has 9 nitrogen and oxygen atoms in total. The number of imide groups is 1. The molecule has 32 heavy (non-hydrogen) atoms. The number of furan rings is 1. The van der Waals surface area contributed by atoms with Gasteiger partial charge >= 0.3 is 12.0 Å². The quantitative estimate of drug-likeness (QED) is 0.649. The van der Waals surface area contributed by atoms with Crippen molar-refractivity contribution < 1.29 is 28.3 Å². The van der Waals surface area contributed by atoms with Crippen molar-refractivity contribution in [1.82, 2.24) is 15.5 Å². The topological polar surface area (TPSA) is 118 Å². The molecule has 9 heteroatoms. The molecule has 4 saturated carbocycles. The summed E-state index contributed by atoms with van der Waals surface area (Å²) in [4.78, 5) is 50.6. The molecule has 172 valence electrons. The van der Waals surface area contributed by atoms with Crippen LogP contribution in [0.4, 0.5) is 4.79 Å². The maximum atomic E-state index is 12.4. The number of amides is 4. The second kappa shape index (κ2) is 8.26. The van der Waals surface area contributed by atoms with Crippen molar-refractivity contribution in [3.05, 3.63) is 24.2 Å². The molecule has 5 fully saturated rings. The van der Waals surface area contributed by atoms with E-state index in [-0.39, 0.29) is 24.4 Å². The molecule has 1 atom stereocenters. The summed E-state index contributed by atoms with van der Waals surface area (Å²) in [6, 6.07) is 2.98. The van der Waals surface area contributed by atoms with Gasteiger partial charge in [0, 0.05) is 18.5 Å². The molecule has 4 bridgehead atoms. The minimum Gasteiger partial charge on any atom is -0.467 e. The summed E-state index contributed by atoms with van der Waals surface area (Å²) in [5.41, 5.74) is -0.197. The van der Waals surface area contributed by atoms with E-state index in [0.717, 1.165) is 19.3 Å².